The molecule has 1 aliphatic rings. The molecule has 0 radical (unpaired) electrons. The number of aromatic nitrogens is 4. The normalized spacial score (nSPS) is 15.5. The molecule has 0 bridgehead atoms. The van der Waals surface area contributed by atoms with Gasteiger partial charge in [0.25, 0.3) is 0 Å². The highest BCUT2D eigenvalue weighted by atomic mass is 16.5. The molecule has 1 aliphatic heterocycles. The van der Waals surface area contributed by atoms with Gasteiger partial charge in [-0.1, -0.05) is 18.2 Å². The van der Waals surface area contributed by atoms with Crippen molar-refractivity contribution in [2.75, 3.05) is 26.8 Å². The monoisotopic (exact) mass is 408 g/mol. The molecule has 1 N–H and O–H groups in total. The predicted octanol–water partition coefficient (Wildman–Crippen LogP) is 2.10. The summed E-state index contributed by atoms with van der Waals surface area (Å²) in [6.07, 6.45) is 3.01. The third-order valence-electron chi connectivity index (χ3n) is 5.52. The number of nitrogens with one attached hydrogen (secondary N) is 1. The van der Waals surface area contributed by atoms with Crippen LogP contribution in [0.15, 0.2) is 36.5 Å². The Morgan fingerprint density at radius 3 is 3.00 bits per heavy atom. The Labute approximate surface area is 176 Å². The zero-order chi connectivity index (χ0) is 20.9. The summed E-state index contributed by atoms with van der Waals surface area (Å²) in [5.41, 5.74) is 2.29. The van der Waals surface area contributed by atoms with Crippen LogP contribution in [0.25, 0.3) is 10.9 Å². The summed E-state index contributed by atoms with van der Waals surface area (Å²) in [4.78, 5) is 18.9. The fourth-order valence-electron chi connectivity index (χ4n) is 3.91. The number of amides is 1. The van der Waals surface area contributed by atoms with Crippen molar-refractivity contribution in [1.29, 1.82) is 0 Å². The van der Waals surface area contributed by atoms with Crippen molar-refractivity contribution in [2.45, 2.75) is 38.9 Å². The first-order chi connectivity index (χ1) is 14.6. The number of fused-ring (bicyclic) bond motifs is 2. The number of pyridine rings is 1. The number of ether oxygens (including phenoxy) is 1. The van der Waals surface area contributed by atoms with Crippen LogP contribution in [-0.2, 0) is 29.0 Å². The second-order valence-corrected chi connectivity index (χ2v) is 7.71. The van der Waals surface area contributed by atoms with Crippen LogP contribution in [0.5, 0.6) is 0 Å². The predicted molar refractivity (Wildman–Crippen MR) is 114 cm³/mol. The molecule has 4 rings (SSSR count). The van der Waals surface area contributed by atoms with Crippen LogP contribution in [-0.4, -0.2) is 57.4 Å². The largest absolute Gasteiger partial charge is 0.384 e. The summed E-state index contributed by atoms with van der Waals surface area (Å²) in [5.74, 6) is 1.75. The molecule has 30 heavy (non-hydrogen) atoms. The lowest BCUT2D eigenvalue weighted by Crippen LogP contribution is -2.30. The Kier molecular flexibility index (Phi) is 6.35. The van der Waals surface area contributed by atoms with Gasteiger partial charge in [0.2, 0.25) is 5.91 Å². The molecule has 2 aromatic heterocycles. The van der Waals surface area contributed by atoms with Gasteiger partial charge in [-0.3, -0.25) is 14.7 Å². The number of methoxy groups -OCH3 is 1. The van der Waals surface area contributed by atoms with Gasteiger partial charge in [0.15, 0.2) is 5.82 Å². The summed E-state index contributed by atoms with van der Waals surface area (Å²) in [7, 11) is 1.59. The fourth-order valence-corrected chi connectivity index (χ4v) is 3.91. The standard InChI is InChI=1S/C22H28N6O2/c1-16(24-21(29)8-13-30-2)22-26-25-20-7-10-27(11-12-28(20)22)15-17-5-6-18-4-3-9-23-19(18)14-17/h3-6,9,14,16H,7-8,10-13,15H2,1-2H3,(H,24,29)/t16-/m1/s1. The van der Waals surface area contributed by atoms with E-state index in [2.05, 4.69) is 54.2 Å². The molecule has 0 saturated carbocycles. The lowest BCUT2D eigenvalue weighted by Gasteiger charge is -2.20. The van der Waals surface area contributed by atoms with E-state index < -0.39 is 0 Å². The number of rotatable bonds is 7. The highest BCUT2D eigenvalue weighted by Gasteiger charge is 2.22. The first-order valence-corrected chi connectivity index (χ1v) is 10.4. The van der Waals surface area contributed by atoms with Crippen molar-refractivity contribution in [1.82, 2.24) is 30.0 Å². The number of carbonyl (C=O) groups excluding carboxylic acids is 1. The third-order valence-corrected chi connectivity index (χ3v) is 5.52. The minimum absolute atomic E-state index is 0.0399. The highest BCUT2D eigenvalue weighted by Crippen LogP contribution is 2.18. The zero-order valence-corrected chi connectivity index (χ0v) is 17.5. The maximum absolute atomic E-state index is 12.0. The molecule has 3 aromatic rings. The topological polar surface area (TPSA) is 85.2 Å². The number of hydrogen-bond acceptors (Lipinski definition) is 6. The molecule has 3 heterocycles. The molecule has 8 heteroatoms. The molecular weight excluding hydrogens is 380 g/mol. The minimum Gasteiger partial charge on any atom is -0.384 e. The van der Waals surface area contributed by atoms with E-state index in [4.69, 9.17) is 4.74 Å². The van der Waals surface area contributed by atoms with Crippen molar-refractivity contribution in [3.05, 3.63) is 53.7 Å². The summed E-state index contributed by atoms with van der Waals surface area (Å²) in [5, 5.41) is 12.9. The molecule has 1 amide bonds. The molecule has 1 aromatic carbocycles. The Morgan fingerprint density at radius 1 is 1.23 bits per heavy atom. The van der Waals surface area contributed by atoms with Crippen LogP contribution < -0.4 is 5.32 Å². The highest BCUT2D eigenvalue weighted by molar-refractivity contribution is 5.78. The number of nitrogens with zero attached hydrogens (tertiary/aromatic N) is 5. The lowest BCUT2D eigenvalue weighted by molar-refractivity contribution is -0.122. The Hall–Kier alpha value is -2.84. The number of carbonyl (C=O) groups is 1. The number of hydrogen-bond donors (Lipinski definition) is 1. The summed E-state index contributed by atoms with van der Waals surface area (Å²) < 4.78 is 7.13. The van der Waals surface area contributed by atoms with Crippen LogP contribution in [0.2, 0.25) is 0 Å². The molecule has 0 fully saturated rings. The van der Waals surface area contributed by atoms with Gasteiger partial charge in [-0.15, -0.1) is 10.2 Å². The van der Waals surface area contributed by atoms with Crippen LogP contribution in [0.4, 0.5) is 0 Å². The van der Waals surface area contributed by atoms with E-state index in [0.29, 0.717) is 13.0 Å². The maximum Gasteiger partial charge on any atom is 0.222 e. The van der Waals surface area contributed by atoms with Crippen molar-refractivity contribution < 1.29 is 9.53 Å². The summed E-state index contributed by atoms with van der Waals surface area (Å²) >= 11 is 0. The molecule has 0 saturated heterocycles. The van der Waals surface area contributed by atoms with E-state index in [1.165, 1.54) is 5.56 Å². The Morgan fingerprint density at radius 2 is 2.13 bits per heavy atom. The van der Waals surface area contributed by atoms with Gasteiger partial charge in [-0.25, -0.2) is 0 Å². The van der Waals surface area contributed by atoms with Crippen LogP contribution >= 0.6 is 0 Å². The van der Waals surface area contributed by atoms with Gasteiger partial charge in [0.05, 0.1) is 18.2 Å². The van der Waals surface area contributed by atoms with Crippen molar-refractivity contribution in [2.24, 2.45) is 0 Å². The Bertz CT molecular complexity index is 1020. The van der Waals surface area contributed by atoms with Crippen LogP contribution in [0, 0.1) is 0 Å². The van der Waals surface area contributed by atoms with Crippen molar-refractivity contribution >= 4 is 16.8 Å². The fraction of sp³-hybridized carbons (Fsp3) is 0.455. The van der Waals surface area contributed by atoms with Crippen molar-refractivity contribution in [3.8, 4) is 0 Å². The van der Waals surface area contributed by atoms with E-state index in [9.17, 15) is 4.79 Å². The van der Waals surface area contributed by atoms with Gasteiger partial charge in [0.1, 0.15) is 5.82 Å². The zero-order valence-electron chi connectivity index (χ0n) is 17.5. The average molecular weight is 409 g/mol. The molecule has 8 nitrogen and oxygen atoms in total. The van der Waals surface area contributed by atoms with Gasteiger partial charge in [0, 0.05) is 57.7 Å². The second-order valence-electron chi connectivity index (χ2n) is 7.71. The SMILES string of the molecule is COCCC(=O)N[C@H](C)c1nnc2n1CCN(Cc1ccc3cccnc3c1)CC2. The van der Waals surface area contributed by atoms with E-state index in [-0.39, 0.29) is 11.9 Å². The molecule has 0 aliphatic carbocycles. The second kappa shape index (κ2) is 9.32. The first kappa shape index (κ1) is 20.4. The van der Waals surface area contributed by atoms with Gasteiger partial charge >= 0.3 is 0 Å². The summed E-state index contributed by atoms with van der Waals surface area (Å²) in [6, 6.07) is 10.3. The van der Waals surface area contributed by atoms with Crippen LogP contribution in [0.1, 0.15) is 36.6 Å². The average Bonchev–Trinajstić information content (AvgIpc) is 3.07. The minimum atomic E-state index is -0.186. The molecule has 1 atom stereocenters. The van der Waals surface area contributed by atoms with Crippen LogP contribution in [0.3, 0.4) is 0 Å². The van der Waals surface area contributed by atoms with E-state index in [0.717, 1.165) is 55.2 Å². The molecular formula is C22H28N6O2. The van der Waals surface area contributed by atoms with Crippen molar-refractivity contribution in [3.63, 3.8) is 0 Å². The van der Waals surface area contributed by atoms with E-state index >= 15 is 0 Å². The quantitative estimate of drug-likeness (QED) is 0.644. The van der Waals surface area contributed by atoms with Gasteiger partial charge < -0.3 is 14.6 Å². The summed E-state index contributed by atoms with van der Waals surface area (Å²) in [6.45, 7) is 5.88. The van der Waals surface area contributed by atoms with Gasteiger partial charge in [-0.05, 0) is 24.6 Å². The van der Waals surface area contributed by atoms with E-state index in [1.54, 1.807) is 7.11 Å². The van der Waals surface area contributed by atoms with Gasteiger partial charge in [-0.2, -0.15) is 0 Å². The molecule has 0 unspecified atom stereocenters. The third kappa shape index (κ3) is 4.66. The molecule has 0 spiro atoms. The molecule has 158 valence electrons. The smallest absolute Gasteiger partial charge is 0.222 e. The maximum atomic E-state index is 12.0. The lowest BCUT2D eigenvalue weighted by atomic mass is 10.1. The van der Waals surface area contributed by atoms with E-state index in [1.807, 2.05) is 19.2 Å². The number of benzene rings is 1. The first-order valence-electron chi connectivity index (χ1n) is 10.4. The Balaban J connectivity index is 1.40.